The van der Waals surface area contributed by atoms with E-state index in [4.69, 9.17) is 9.84 Å². The van der Waals surface area contributed by atoms with Crippen molar-refractivity contribution in [3.8, 4) is 0 Å². The van der Waals surface area contributed by atoms with E-state index >= 15 is 0 Å². The minimum atomic E-state index is -1.27. The molecule has 15 heteroatoms. The largest absolute Gasteiger partial charge is 0.481 e. The number of aromatic nitrogens is 1. The van der Waals surface area contributed by atoms with Crippen LogP contribution in [0, 0.1) is 11.8 Å². The van der Waals surface area contributed by atoms with Gasteiger partial charge < -0.3 is 40.8 Å². The minimum absolute atomic E-state index is 0.0394. The topological polar surface area (TPSA) is 205 Å². The van der Waals surface area contributed by atoms with Crippen LogP contribution in [0.25, 0.3) is 10.9 Å². The van der Waals surface area contributed by atoms with Gasteiger partial charge in [0, 0.05) is 35.8 Å². The number of rotatable bonds is 19. The maximum atomic E-state index is 13.3. The second kappa shape index (κ2) is 18.6. The molecule has 1 aromatic carbocycles. The number of carbonyl (C=O) groups excluding carboxylic acids is 4. The van der Waals surface area contributed by atoms with E-state index in [1.165, 1.54) is 0 Å². The summed E-state index contributed by atoms with van der Waals surface area (Å²) in [4.78, 5) is 74.2. The molecule has 0 radical (unpaired) electrons. The smallest absolute Gasteiger partial charge is 0.407 e. The number of carboxylic acid groups (broad SMARTS) is 2. The molecule has 0 saturated carbocycles. The Labute approximate surface area is 273 Å². The number of carboxylic acids is 2. The highest BCUT2D eigenvalue weighted by Gasteiger charge is 2.30. The third-order valence-corrected chi connectivity index (χ3v) is 7.19. The first-order valence-electron chi connectivity index (χ1n) is 15.1. The van der Waals surface area contributed by atoms with Crippen LogP contribution >= 0.6 is 12.6 Å². The molecule has 0 aliphatic carbocycles. The number of hydrogen-bond acceptors (Lipinski definition) is 8. The van der Waals surface area contributed by atoms with E-state index in [9.17, 15) is 33.9 Å². The number of nitrogens with one attached hydrogen (secondary N) is 4. The predicted molar refractivity (Wildman–Crippen MR) is 173 cm³/mol. The Hall–Kier alpha value is -4.27. The van der Waals surface area contributed by atoms with Gasteiger partial charge in [0.2, 0.25) is 17.7 Å². The van der Waals surface area contributed by atoms with Crippen molar-refractivity contribution in [3.63, 3.8) is 0 Å². The number of alkyl carbamates (subject to hydrolysis) is 1. The maximum absolute atomic E-state index is 13.3. The maximum Gasteiger partial charge on any atom is 0.407 e. The highest BCUT2D eigenvalue weighted by molar-refractivity contribution is 7.80. The van der Waals surface area contributed by atoms with E-state index in [1.54, 1.807) is 10.8 Å². The number of carbonyl (C=O) groups is 6. The zero-order chi connectivity index (χ0) is 34.4. The van der Waals surface area contributed by atoms with Crippen molar-refractivity contribution in [1.29, 1.82) is 0 Å². The number of nitrogens with zero attached hydrogens (tertiary/aromatic N) is 1. The Morgan fingerprint density at radius 2 is 1.50 bits per heavy atom. The average molecular weight is 664 g/mol. The molecule has 254 valence electrons. The third kappa shape index (κ3) is 12.6. The van der Waals surface area contributed by atoms with Crippen molar-refractivity contribution >= 4 is 59.3 Å². The van der Waals surface area contributed by atoms with Crippen LogP contribution in [0.3, 0.4) is 0 Å². The summed E-state index contributed by atoms with van der Waals surface area (Å²) in [5, 5.41) is 29.6. The van der Waals surface area contributed by atoms with E-state index in [0.717, 1.165) is 16.5 Å². The summed E-state index contributed by atoms with van der Waals surface area (Å²) in [5.41, 5.74) is 1.61. The monoisotopic (exact) mass is 663 g/mol. The van der Waals surface area contributed by atoms with Gasteiger partial charge in [-0.05, 0) is 42.7 Å². The molecule has 46 heavy (non-hydrogen) atoms. The summed E-state index contributed by atoms with van der Waals surface area (Å²) in [7, 11) is 0. The second-order valence-electron chi connectivity index (χ2n) is 11.8. The molecular weight excluding hydrogens is 618 g/mol. The Bertz CT molecular complexity index is 1380. The zero-order valence-electron chi connectivity index (χ0n) is 26.6. The van der Waals surface area contributed by atoms with Gasteiger partial charge in [-0.25, -0.2) is 4.79 Å². The van der Waals surface area contributed by atoms with Crippen LogP contribution in [0.15, 0.2) is 30.5 Å². The molecule has 3 atom stereocenters. The summed E-state index contributed by atoms with van der Waals surface area (Å²) in [5.74, 6) is -4.10. The van der Waals surface area contributed by atoms with Crippen LogP contribution in [-0.4, -0.2) is 87.6 Å². The minimum Gasteiger partial charge on any atom is -0.481 e. The third-order valence-electron chi connectivity index (χ3n) is 6.83. The number of hydrogen-bond donors (Lipinski definition) is 7. The summed E-state index contributed by atoms with van der Waals surface area (Å²) >= 11 is 4.23. The lowest BCUT2D eigenvalue weighted by Gasteiger charge is -2.25. The van der Waals surface area contributed by atoms with E-state index in [2.05, 4.69) is 33.9 Å². The molecule has 0 aliphatic heterocycles. The van der Waals surface area contributed by atoms with Gasteiger partial charge in [0.25, 0.3) is 0 Å². The second-order valence-corrected chi connectivity index (χ2v) is 12.2. The molecule has 4 amide bonds. The van der Waals surface area contributed by atoms with Gasteiger partial charge in [-0.15, -0.1) is 0 Å². The molecule has 0 saturated heterocycles. The molecule has 0 spiro atoms. The number of fused-ring (bicyclic) bond motifs is 1. The summed E-state index contributed by atoms with van der Waals surface area (Å²) < 4.78 is 6.69. The number of thiol groups is 1. The van der Waals surface area contributed by atoms with Crippen LogP contribution in [0.5, 0.6) is 0 Å². The van der Waals surface area contributed by atoms with Crippen molar-refractivity contribution in [2.75, 3.05) is 18.9 Å². The van der Waals surface area contributed by atoms with Gasteiger partial charge >= 0.3 is 18.0 Å². The number of para-hydroxylation sites is 1. The first-order valence-corrected chi connectivity index (χ1v) is 15.8. The van der Waals surface area contributed by atoms with Crippen LogP contribution in [-0.2, 0) is 41.7 Å². The molecule has 0 fully saturated rings. The highest BCUT2D eigenvalue weighted by Crippen LogP contribution is 2.21. The van der Waals surface area contributed by atoms with Gasteiger partial charge in [-0.3, -0.25) is 24.0 Å². The fraction of sp³-hybridized carbons (Fsp3) is 0.548. The van der Waals surface area contributed by atoms with E-state index < -0.39 is 60.3 Å². The molecular formula is C31H45N5O9S. The van der Waals surface area contributed by atoms with E-state index in [1.807, 2.05) is 52.0 Å². The summed E-state index contributed by atoms with van der Waals surface area (Å²) in [6.45, 7) is 7.44. The Kier molecular flexibility index (Phi) is 15.4. The molecule has 0 bridgehead atoms. The Morgan fingerprint density at radius 3 is 2.11 bits per heavy atom. The quantitative estimate of drug-likeness (QED) is 0.110. The first-order chi connectivity index (χ1) is 21.7. The first kappa shape index (κ1) is 37.9. The van der Waals surface area contributed by atoms with Crippen molar-refractivity contribution in [3.05, 3.63) is 36.0 Å². The molecule has 3 unspecified atom stereocenters. The molecule has 1 heterocycles. The lowest BCUT2D eigenvalue weighted by atomic mass is 10.0. The fourth-order valence-electron chi connectivity index (χ4n) is 4.65. The van der Waals surface area contributed by atoms with Gasteiger partial charge in [0.05, 0.1) is 6.61 Å². The van der Waals surface area contributed by atoms with Gasteiger partial charge in [0.15, 0.2) is 0 Å². The molecule has 2 rings (SSSR count). The van der Waals surface area contributed by atoms with Crippen molar-refractivity contribution in [1.82, 2.24) is 25.8 Å². The normalized spacial score (nSPS) is 13.1. The Balaban J connectivity index is 2.06. The summed E-state index contributed by atoms with van der Waals surface area (Å²) in [6, 6.07) is 3.95. The Morgan fingerprint density at radius 1 is 0.848 bits per heavy atom. The molecule has 2 aromatic rings. The van der Waals surface area contributed by atoms with E-state index in [-0.39, 0.29) is 50.1 Å². The SMILES string of the molecule is CC(C)COC(=O)NC(CCC(=O)O)C(=O)NC(CC(C)C)C(=O)NC(CS)C(=O)NCCc1cn(CC(=O)O)c2ccccc12. The van der Waals surface area contributed by atoms with Crippen LogP contribution in [0.2, 0.25) is 0 Å². The molecule has 14 nitrogen and oxygen atoms in total. The predicted octanol–water partition coefficient (Wildman–Crippen LogP) is 1.95. The lowest BCUT2D eigenvalue weighted by Crippen LogP contribution is -2.57. The van der Waals surface area contributed by atoms with Gasteiger partial charge in [-0.2, -0.15) is 12.6 Å². The van der Waals surface area contributed by atoms with Crippen molar-refractivity contribution in [2.24, 2.45) is 11.8 Å². The lowest BCUT2D eigenvalue weighted by molar-refractivity contribution is -0.138. The standard InChI is InChI=1S/C31H45N5O9S/c1-18(2)13-23(33-29(42)22(9-10-26(37)38)35-31(44)45-16-19(3)4)30(43)34-24(17-46)28(41)32-12-11-20-14-36(15-27(39)40)25-8-6-5-7-21(20)25/h5-8,14,18-19,22-24,46H,9-13,15-17H2,1-4H3,(H,32,41)(H,33,42)(H,34,43)(H,35,44)(H,37,38)(H,39,40). The van der Waals surface area contributed by atoms with Crippen molar-refractivity contribution in [2.45, 2.75) is 78.0 Å². The molecule has 0 aliphatic rings. The highest BCUT2D eigenvalue weighted by atomic mass is 32.1. The van der Waals surface area contributed by atoms with Crippen LogP contribution in [0.4, 0.5) is 4.79 Å². The number of ether oxygens (including phenoxy) is 1. The fourth-order valence-corrected chi connectivity index (χ4v) is 4.90. The molecule has 6 N–H and O–H groups in total. The number of amides is 4. The van der Waals surface area contributed by atoms with Crippen LogP contribution in [0.1, 0.15) is 52.5 Å². The number of aliphatic carboxylic acids is 2. The van der Waals surface area contributed by atoms with Crippen LogP contribution < -0.4 is 21.3 Å². The van der Waals surface area contributed by atoms with Gasteiger partial charge in [0.1, 0.15) is 24.7 Å². The van der Waals surface area contributed by atoms with E-state index in [0.29, 0.717) is 6.42 Å². The number of benzene rings is 1. The van der Waals surface area contributed by atoms with Gasteiger partial charge in [-0.1, -0.05) is 45.9 Å². The summed E-state index contributed by atoms with van der Waals surface area (Å²) in [6.07, 6.45) is 0.813. The molecule has 1 aromatic heterocycles. The van der Waals surface area contributed by atoms with Crippen molar-refractivity contribution < 1.29 is 43.7 Å². The average Bonchev–Trinajstić information content (AvgIpc) is 3.32. The zero-order valence-corrected chi connectivity index (χ0v) is 27.5.